The van der Waals surface area contributed by atoms with Crippen LogP contribution in [-0.4, -0.2) is 106 Å². The molecule has 18 unspecified atom stereocenters. The van der Waals surface area contributed by atoms with Crippen molar-refractivity contribution in [2.24, 2.45) is 74.9 Å². The number of carbonyl (C=O) groups is 3. The number of fused-ring (bicyclic) bond motifs is 4. The Balaban J connectivity index is 0.950. The Kier molecular flexibility index (Phi) is 9.21. The summed E-state index contributed by atoms with van der Waals surface area (Å²) in [5.41, 5.74) is -4.87. The molecule has 0 amide bonds. The summed E-state index contributed by atoms with van der Waals surface area (Å²) < 4.78 is 34.1. The number of esters is 2. The number of hydrogen-bond acceptors (Lipinski definition) is 13. The molecule has 0 radical (unpaired) electrons. The topological polar surface area (TPSA) is 181 Å². The van der Waals surface area contributed by atoms with E-state index in [4.69, 9.17) is 23.4 Å². The highest BCUT2D eigenvalue weighted by Gasteiger charge is 2.95. The van der Waals surface area contributed by atoms with Crippen molar-refractivity contribution in [3.63, 3.8) is 0 Å². The first kappa shape index (κ1) is 42.3. The molecule has 6 saturated carbocycles. The monoisotopic (exact) mass is 898 g/mol. The summed E-state index contributed by atoms with van der Waals surface area (Å²) in [7, 11) is 0. The number of hydrogen-bond donors (Lipinski definition) is 4. The lowest BCUT2D eigenvalue weighted by Gasteiger charge is -2.71. The number of nitrogens with zero attached hydrogens (tertiary/aromatic N) is 1. The predicted octanol–water partition coefficient (Wildman–Crippen LogP) is 5.39. The molecule has 3 spiro atoms. The minimum absolute atomic E-state index is 0.0609. The molecular formula is C52H70N2O11. The number of ketones is 1. The van der Waals surface area contributed by atoms with E-state index in [1.54, 1.807) is 6.26 Å². The molecule has 7 heterocycles. The van der Waals surface area contributed by atoms with Crippen LogP contribution in [0.3, 0.4) is 0 Å². The fourth-order valence-electron chi connectivity index (χ4n) is 19.8. The van der Waals surface area contributed by atoms with E-state index in [9.17, 15) is 24.9 Å². The fourth-order valence-corrected chi connectivity index (χ4v) is 19.8. The third kappa shape index (κ3) is 5.14. The van der Waals surface area contributed by atoms with Crippen molar-refractivity contribution in [2.45, 2.75) is 165 Å². The first-order chi connectivity index (χ1) is 31.3. The van der Waals surface area contributed by atoms with Gasteiger partial charge in [0, 0.05) is 40.8 Å². The molecule has 18 atom stereocenters. The summed E-state index contributed by atoms with van der Waals surface area (Å²) in [5.74, 6) is -1.29. The molecule has 0 aromatic carbocycles. The second-order valence-electron chi connectivity index (χ2n) is 24.4. The number of carbonyl (C=O) groups excluding carboxylic acids is 3. The molecule has 6 aliphatic carbocycles. The van der Waals surface area contributed by atoms with Crippen molar-refractivity contribution in [3.05, 3.63) is 35.9 Å². The van der Waals surface area contributed by atoms with E-state index in [1.165, 1.54) is 0 Å². The zero-order chi connectivity index (χ0) is 44.6. The molecule has 1 aromatic heterocycles. The van der Waals surface area contributed by atoms with E-state index in [2.05, 4.69) is 29.4 Å². The number of epoxide rings is 1. The predicted molar refractivity (Wildman–Crippen MR) is 232 cm³/mol. The number of aliphatic hydroxyl groups is 3. The Bertz CT molecular complexity index is 2180. The summed E-state index contributed by atoms with van der Waals surface area (Å²) in [6.07, 6.45) is 14.4. The van der Waals surface area contributed by atoms with Crippen LogP contribution in [-0.2, 0) is 39.8 Å². The number of Topliss-reactive ketones (excluding diaryl/α,β-unsaturated/α-hetero) is 1. The molecule has 5 saturated heterocycles. The highest BCUT2D eigenvalue weighted by Crippen LogP contribution is 2.85. The summed E-state index contributed by atoms with van der Waals surface area (Å²) in [4.78, 5) is 47.5. The SMILES string of the molecule is CC1(C)OC2C3C(=O)OCC24C1C(=O)C(O)C1(C2CCCCC2)C4C(CC32CCCC2)CC2(C)C(c3ccoc3CC(C(O)CO)C3CCC4C(C=CN5CNCC45)C3)OC(=O)C3OC321. The van der Waals surface area contributed by atoms with Gasteiger partial charge in [0.15, 0.2) is 11.9 Å². The van der Waals surface area contributed by atoms with Crippen molar-refractivity contribution in [2.75, 3.05) is 26.4 Å². The summed E-state index contributed by atoms with van der Waals surface area (Å²) in [6, 6.07) is 2.40. The van der Waals surface area contributed by atoms with Gasteiger partial charge in [-0.1, -0.05) is 45.1 Å². The molecule has 13 nitrogen and oxygen atoms in total. The van der Waals surface area contributed by atoms with Gasteiger partial charge >= 0.3 is 11.9 Å². The number of aliphatic hydroxyl groups excluding tert-OH is 3. The van der Waals surface area contributed by atoms with Gasteiger partial charge in [0.05, 0.1) is 49.2 Å². The maximum Gasteiger partial charge on any atom is 0.339 e. The highest BCUT2D eigenvalue weighted by atomic mass is 16.7. The van der Waals surface area contributed by atoms with Crippen LogP contribution in [0.4, 0.5) is 0 Å². The quantitative estimate of drug-likeness (QED) is 0.203. The molecule has 13 rings (SSSR count). The van der Waals surface area contributed by atoms with Gasteiger partial charge in [0.2, 0.25) is 0 Å². The number of nitrogens with one attached hydrogen (secondary N) is 1. The standard InChI is InChI=1S/C52H70N2O11/c1-47(2)40-38(57)41(58)51(30-9-5-4-6-10-30)39-29(22-49(15-7-8-16-49)37-43(64-47)50(39,40)25-62-45(37)59)21-48(3)42(63-46(60)44-52(48,51)65-44)32-14-18-61-36(32)20-33(35(56)24-55)27-11-12-31-28(19-27)13-17-54-26-53-23-34(31)54/h13-14,17-18,27-31,33-35,37,39-44,53,55-56,58H,4-12,15-16,19-26H2,1-3H3. The van der Waals surface area contributed by atoms with E-state index >= 15 is 4.79 Å². The third-order valence-corrected chi connectivity index (χ3v) is 21.7. The van der Waals surface area contributed by atoms with Crippen molar-refractivity contribution < 1.29 is 53.1 Å². The Morgan fingerprint density at radius 3 is 2.54 bits per heavy atom. The minimum Gasteiger partial charge on any atom is -0.469 e. The molecule has 13 heteroatoms. The normalized spacial score (nSPS) is 49.4. The molecule has 12 aliphatic rings. The van der Waals surface area contributed by atoms with E-state index in [-0.39, 0.29) is 54.6 Å². The van der Waals surface area contributed by atoms with E-state index in [0.29, 0.717) is 36.5 Å². The number of allylic oxidation sites excluding steroid dienone is 1. The average Bonchev–Trinajstić information content (AvgIpc) is 3.69. The van der Waals surface area contributed by atoms with Gasteiger partial charge in [-0.25, -0.2) is 4.79 Å². The maximum absolute atomic E-state index is 15.8. The number of ether oxygens (including phenoxy) is 4. The molecule has 6 aliphatic heterocycles. The zero-order valence-corrected chi connectivity index (χ0v) is 38.5. The van der Waals surface area contributed by atoms with E-state index in [0.717, 1.165) is 102 Å². The Labute approximate surface area is 382 Å². The Hall–Kier alpha value is -2.81. The zero-order valence-electron chi connectivity index (χ0n) is 38.5. The lowest BCUT2D eigenvalue weighted by atomic mass is 9.31. The van der Waals surface area contributed by atoms with Gasteiger partial charge in [0.1, 0.15) is 30.2 Å². The Morgan fingerprint density at radius 1 is 0.954 bits per heavy atom. The van der Waals surface area contributed by atoms with Crippen LogP contribution in [0.1, 0.15) is 128 Å². The number of cyclic esters (lactones) is 2. The van der Waals surface area contributed by atoms with Gasteiger partial charge in [0.25, 0.3) is 0 Å². The smallest absolute Gasteiger partial charge is 0.339 e. The first-order valence-corrected chi connectivity index (χ1v) is 25.7. The van der Waals surface area contributed by atoms with E-state index < -0.39 is 81.2 Å². The second kappa shape index (κ2) is 14.1. The third-order valence-electron chi connectivity index (χ3n) is 21.7. The van der Waals surface area contributed by atoms with Crippen LogP contribution in [0.2, 0.25) is 0 Å². The summed E-state index contributed by atoms with van der Waals surface area (Å²) >= 11 is 0. The first-order valence-electron chi connectivity index (χ1n) is 25.7. The van der Waals surface area contributed by atoms with Crippen LogP contribution in [0, 0.1) is 74.9 Å². The molecule has 2 bridgehead atoms. The van der Waals surface area contributed by atoms with Crippen LogP contribution in [0.15, 0.2) is 29.0 Å². The second-order valence-corrected chi connectivity index (χ2v) is 24.4. The Morgan fingerprint density at radius 2 is 1.75 bits per heavy atom. The molecule has 11 fully saturated rings. The van der Waals surface area contributed by atoms with Crippen LogP contribution in [0.25, 0.3) is 0 Å². The highest BCUT2D eigenvalue weighted by molar-refractivity contribution is 5.92. The average molecular weight is 899 g/mol. The van der Waals surface area contributed by atoms with Gasteiger partial charge in [-0.3, -0.25) is 14.9 Å². The lowest BCUT2D eigenvalue weighted by molar-refractivity contribution is -0.289. The van der Waals surface area contributed by atoms with E-state index in [1.807, 2.05) is 19.9 Å². The van der Waals surface area contributed by atoms with Gasteiger partial charge in [-0.2, -0.15) is 0 Å². The largest absolute Gasteiger partial charge is 0.469 e. The fraction of sp³-hybridized carbons (Fsp3) is 0.827. The molecule has 4 N–H and O–H groups in total. The van der Waals surface area contributed by atoms with Crippen molar-refractivity contribution >= 4 is 17.7 Å². The van der Waals surface area contributed by atoms with Crippen molar-refractivity contribution in [1.82, 2.24) is 10.2 Å². The number of rotatable bonds is 7. The lowest BCUT2D eigenvalue weighted by Crippen LogP contribution is -2.80. The summed E-state index contributed by atoms with van der Waals surface area (Å²) in [5, 5.41) is 39.3. The minimum atomic E-state index is -1.43. The maximum atomic E-state index is 15.8. The van der Waals surface area contributed by atoms with Crippen LogP contribution in [0.5, 0.6) is 0 Å². The van der Waals surface area contributed by atoms with Crippen LogP contribution < -0.4 is 5.32 Å². The van der Waals surface area contributed by atoms with Crippen LogP contribution >= 0.6 is 0 Å². The number of furan rings is 1. The van der Waals surface area contributed by atoms with Gasteiger partial charge in [-0.05, 0) is 131 Å². The van der Waals surface area contributed by atoms with Gasteiger partial charge in [-0.15, -0.1) is 0 Å². The van der Waals surface area contributed by atoms with Crippen molar-refractivity contribution in [1.29, 1.82) is 0 Å². The molecular weight excluding hydrogens is 829 g/mol. The molecule has 65 heavy (non-hydrogen) atoms. The molecule has 354 valence electrons. The summed E-state index contributed by atoms with van der Waals surface area (Å²) in [6.45, 7) is 7.71. The van der Waals surface area contributed by atoms with Crippen molar-refractivity contribution in [3.8, 4) is 0 Å². The van der Waals surface area contributed by atoms with Gasteiger partial charge < -0.3 is 43.6 Å². The molecule has 1 aromatic rings.